The van der Waals surface area contributed by atoms with Gasteiger partial charge in [0.25, 0.3) is 0 Å². The van der Waals surface area contributed by atoms with Crippen LogP contribution < -0.4 is 10.4 Å². The number of hydrogen-bond acceptors (Lipinski definition) is 3. The molecule has 2 rings (SSSR count). The minimum Gasteiger partial charge on any atom is -0.306 e. The van der Waals surface area contributed by atoms with Crippen LogP contribution in [-0.2, 0) is 10.0 Å². The molecule has 0 unspecified atom stereocenters. The van der Waals surface area contributed by atoms with Crippen molar-refractivity contribution in [3.8, 4) is 0 Å². The highest BCUT2D eigenvalue weighted by Crippen LogP contribution is 2.14. The number of fused-ring (bicyclic) bond motifs is 1. The molecule has 0 bridgehead atoms. The normalized spacial score (nSPS) is 12.5. The number of hydrogen-bond donors (Lipinski definition) is 3. The molecule has 6 nitrogen and oxygen atoms in total. The first kappa shape index (κ1) is 13.6. The van der Waals surface area contributed by atoms with Crippen LogP contribution in [0.2, 0.25) is 0 Å². The lowest BCUT2D eigenvalue weighted by Crippen LogP contribution is -2.24. The van der Waals surface area contributed by atoms with Gasteiger partial charge in [0, 0.05) is 6.54 Å². The van der Waals surface area contributed by atoms with Crippen molar-refractivity contribution in [1.82, 2.24) is 14.7 Å². The van der Waals surface area contributed by atoms with Gasteiger partial charge >= 0.3 is 5.69 Å². The van der Waals surface area contributed by atoms with Crippen molar-refractivity contribution >= 4 is 21.1 Å². The van der Waals surface area contributed by atoms with Crippen molar-refractivity contribution in [2.45, 2.75) is 18.2 Å². The zero-order valence-corrected chi connectivity index (χ0v) is 11.3. The number of imidazole rings is 1. The van der Waals surface area contributed by atoms with E-state index < -0.39 is 10.0 Å². The summed E-state index contributed by atoms with van der Waals surface area (Å²) in [5, 5.41) is 0. The van der Waals surface area contributed by atoms with Gasteiger partial charge in [-0.25, -0.2) is 17.9 Å². The molecule has 3 N–H and O–H groups in total. The molecule has 1 aromatic heterocycles. The SMILES string of the molecule is C/C=C/CCNS(=O)(=O)c1ccc2[nH]c(=O)[nH]c2c1. The van der Waals surface area contributed by atoms with Gasteiger partial charge in [0.15, 0.2) is 0 Å². The third-order valence-electron chi connectivity index (χ3n) is 2.64. The fourth-order valence-electron chi connectivity index (χ4n) is 1.71. The van der Waals surface area contributed by atoms with E-state index in [1.807, 2.05) is 19.1 Å². The van der Waals surface area contributed by atoms with Gasteiger partial charge in [-0.2, -0.15) is 0 Å². The Hall–Kier alpha value is -1.86. The Morgan fingerprint density at radius 3 is 2.74 bits per heavy atom. The summed E-state index contributed by atoms with van der Waals surface area (Å²) in [6, 6.07) is 4.46. The standard InChI is InChI=1S/C12H15N3O3S/c1-2-3-4-7-13-19(17,18)9-5-6-10-11(8-9)15-12(16)14-10/h2-3,5-6,8,13H,4,7H2,1H3,(H2,14,15,16)/b3-2+. The average Bonchev–Trinajstić information content (AvgIpc) is 2.73. The van der Waals surface area contributed by atoms with Crippen molar-refractivity contribution in [2.24, 2.45) is 0 Å². The fraction of sp³-hybridized carbons (Fsp3) is 0.250. The molecule has 7 heteroatoms. The Morgan fingerprint density at radius 2 is 2.00 bits per heavy atom. The first-order chi connectivity index (χ1) is 9.03. The molecule has 0 saturated carbocycles. The van der Waals surface area contributed by atoms with Gasteiger partial charge in [-0.3, -0.25) is 0 Å². The monoisotopic (exact) mass is 281 g/mol. The van der Waals surface area contributed by atoms with Crippen LogP contribution in [-0.4, -0.2) is 24.9 Å². The number of aromatic nitrogens is 2. The van der Waals surface area contributed by atoms with Crippen molar-refractivity contribution < 1.29 is 8.42 Å². The largest absolute Gasteiger partial charge is 0.323 e. The van der Waals surface area contributed by atoms with Gasteiger partial charge in [0.05, 0.1) is 15.9 Å². The number of aromatic amines is 2. The van der Waals surface area contributed by atoms with Crippen LogP contribution in [0.15, 0.2) is 40.0 Å². The molecular formula is C12H15N3O3S. The minimum atomic E-state index is -3.54. The zero-order chi connectivity index (χ0) is 13.9. The Labute approximate surface area is 110 Å². The van der Waals surface area contributed by atoms with E-state index in [0.717, 1.165) is 0 Å². The molecule has 0 saturated heterocycles. The van der Waals surface area contributed by atoms with Crippen molar-refractivity contribution in [3.05, 3.63) is 40.8 Å². The Kier molecular flexibility index (Phi) is 3.87. The summed E-state index contributed by atoms with van der Waals surface area (Å²) in [7, 11) is -3.54. The predicted octanol–water partition coefficient (Wildman–Crippen LogP) is 1.10. The van der Waals surface area contributed by atoms with E-state index in [4.69, 9.17) is 0 Å². The van der Waals surface area contributed by atoms with Gasteiger partial charge in [-0.05, 0) is 31.5 Å². The van der Waals surface area contributed by atoms with E-state index in [0.29, 0.717) is 24.0 Å². The van der Waals surface area contributed by atoms with Crippen molar-refractivity contribution in [2.75, 3.05) is 6.54 Å². The fourth-order valence-corrected chi connectivity index (χ4v) is 2.78. The lowest BCUT2D eigenvalue weighted by atomic mass is 10.3. The predicted molar refractivity (Wildman–Crippen MR) is 73.5 cm³/mol. The molecule has 0 fully saturated rings. The van der Waals surface area contributed by atoms with E-state index in [-0.39, 0.29) is 10.6 Å². The van der Waals surface area contributed by atoms with E-state index in [9.17, 15) is 13.2 Å². The second-order valence-corrected chi connectivity index (χ2v) is 5.81. The Bertz CT molecular complexity index is 756. The van der Waals surface area contributed by atoms with Gasteiger partial charge in [0.1, 0.15) is 0 Å². The third-order valence-corrected chi connectivity index (χ3v) is 4.10. The van der Waals surface area contributed by atoms with Crippen LogP contribution >= 0.6 is 0 Å². The van der Waals surface area contributed by atoms with Crippen LogP contribution in [0.1, 0.15) is 13.3 Å². The molecule has 0 atom stereocenters. The highest BCUT2D eigenvalue weighted by Gasteiger charge is 2.14. The molecule has 0 radical (unpaired) electrons. The molecule has 0 aliphatic heterocycles. The van der Waals surface area contributed by atoms with Crippen LogP contribution in [0.5, 0.6) is 0 Å². The quantitative estimate of drug-likeness (QED) is 0.565. The topological polar surface area (TPSA) is 94.8 Å². The van der Waals surface area contributed by atoms with Crippen LogP contribution in [0.3, 0.4) is 0 Å². The first-order valence-corrected chi connectivity index (χ1v) is 7.34. The number of benzene rings is 1. The van der Waals surface area contributed by atoms with E-state index in [1.54, 1.807) is 6.07 Å². The van der Waals surface area contributed by atoms with Crippen molar-refractivity contribution in [3.63, 3.8) is 0 Å². The maximum atomic E-state index is 12.0. The number of H-pyrrole nitrogens is 2. The van der Waals surface area contributed by atoms with E-state index >= 15 is 0 Å². The smallest absolute Gasteiger partial charge is 0.306 e. The number of allylic oxidation sites excluding steroid dienone is 1. The number of rotatable bonds is 5. The van der Waals surface area contributed by atoms with Crippen molar-refractivity contribution in [1.29, 1.82) is 0 Å². The molecule has 0 amide bonds. The maximum absolute atomic E-state index is 12.0. The molecule has 0 aliphatic rings. The van der Waals surface area contributed by atoms with Crippen LogP contribution in [0.25, 0.3) is 11.0 Å². The summed E-state index contributed by atoms with van der Waals surface area (Å²) >= 11 is 0. The molecule has 102 valence electrons. The van der Waals surface area contributed by atoms with Crippen LogP contribution in [0, 0.1) is 0 Å². The summed E-state index contributed by atoms with van der Waals surface area (Å²) in [5.74, 6) is 0. The Balaban J connectivity index is 2.24. The lowest BCUT2D eigenvalue weighted by Gasteiger charge is -2.05. The average molecular weight is 281 g/mol. The second-order valence-electron chi connectivity index (χ2n) is 4.04. The molecule has 1 aromatic carbocycles. The molecule has 0 spiro atoms. The van der Waals surface area contributed by atoms with Crippen LogP contribution in [0.4, 0.5) is 0 Å². The van der Waals surface area contributed by atoms with Gasteiger partial charge in [0.2, 0.25) is 10.0 Å². The Morgan fingerprint density at radius 1 is 1.26 bits per heavy atom. The molecule has 1 heterocycles. The summed E-state index contributed by atoms with van der Waals surface area (Å²) in [6.45, 7) is 2.22. The van der Waals surface area contributed by atoms with Gasteiger partial charge in [-0.1, -0.05) is 12.2 Å². The number of nitrogens with one attached hydrogen (secondary N) is 3. The summed E-state index contributed by atoms with van der Waals surface area (Å²) in [6.07, 6.45) is 4.39. The van der Waals surface area contributed by atoms with E-state index in [1.165, 1.54) is 12.1 Å². The summed E-state index contributed by atoms with van der Waals surface area (Å²) in [4.78, 5) is 16.3. The molecule has 19 heavy (non-hydrogen) atoms. The highest BCUT2D eigenvalue weighted by molar-refractivity contribution is 7.89. The first-order valence-electron chi connectivity index (χ1n) is 5.86. The summed E-state index contributed by atoms with van der Waals surface area (Å²) in [5.41, 5.74) is 0.699. The third kappa shape index (κ3) is 3.12. The summed E-state index contributed by atoms with van der Waals surface area (Å²) < 4.78 is 26.5. The maximum Gasteiger partial charge on any atom is 0.323 e. The number of sulfonamides is 1. The molecular weight excluding hydrogens is 266 g/mol. The molecule has 0 aliphatic carbocycles. The molecule has 2 aromatic rings. The highest BCUT2D eigenvalue weighted by atomic mass is 32.2. The second kappa shape index (κ2) is 5.41. The lowest BCUT2D eigenvalue weighted by molar-refractivity contribution is 0.582. The zero-order valence-electron chi connectivity index (χ0n) is 10.4. The van der Waals surface area contributed by atoms with E-state index in [2.05, 4.69) is 14.7 Å². The van der Waals surface area contributed by atoms with Gasteiger partial charge in [-0.15, -0.1) is 0 Å². The minimum absolute atomic E-state index is 0.135. The van der Waals surface area contributed by atoms with Gasteiger partial charge < -0.3 is 9.97 Å².